The van der Waals surface area contributed by atoms with Crippen LogP contribution in [-0.2, 0) is 14.3 Å². The van der Waals surface area contributed by atoms with E-state index in [9.17, 15) is 4.79 Å². The first-order valence-corrected chi connectivity index (χ1v) is 5.28. The Bertz CT molecular complexity index is 325. The number of aldehydes is 1. The topological polar surface area (TPSA) is 44.8 Å². The van der Waals surface area contributed by atoms with Crippen molar-refractivity contribution in [1.82, 2.24) is 0 Å². The molecule has 1 aromatic carbocycles. The van der Waals surface area contributed by atoms with Gasteiger partial charge >= 0.3 is 0 Å². The zero-order valence-electron chi connectivity index (χ0n) is 8.87. The van der Waals surface area contributed by atoms with E-state index in [4.69, 9.17) is 14.2 Å². The van der Waals surface area contributed by atoms with Crippen molar-refractivity contribution in [3.8, 4) is 5.75 Å². The van der Waals surface area contributed by atoms with E-state index in [1.165, 1.54) is 0 Å². The number of hydrogen-bond donors (Lipinski definition) is 0. The zero-order valence-corrected chi connectivity index (χ0v) is 8.87. The fourth-order valence-corrected chi connectivity index (χ4v) is 1.51. The van der Waals surface area contributed by atoms with Crippen LogP contribution in [0.15, 0.2) is 30.3 Å². The molecular weight excluding hydrogens is 208 g/mol. The van der Waals surface area contributed by atoms with Gasteiger partial charge in [-0.15, -0.1) is 0 Å². The van der Waals surface area contributed by atoms with Gasteiger partial charge in [-0.25, -0.2) is 0 Å². The van der Waals surface area contributed by atoms with Crippen molar-refractivity contribution in [3.63, 3.8) is 0 Å². The summed E-state index contributed by atoms with van der Waals surface area (Å²) in [7, 11) is 0. The van der Waals surface area contributed by atoms with Crippen LogP contribution in [0.5, 0.6) is 5.75 Å². The summed E-state index contributed by atoms with van der Waals surface area (Å²) in [6.07, 6.45) is 0.591. The van der Waals surface area contributed by atoms with Crippen molar-refractivity contribution >= 4 is 6.29 Å². The molecule has 2 rings (SSSR count). The second kappa shape index (κ2) is 5.63. The predicted molar refractivity (Wildman–Crippen MR) is 57.2 cm³/mol. The first-order valence-electron chi connectivity index (χ1n) is 5.28. The van der Waals surface area contributed by atoms with Gasteiger partial charge in [0.2, 0.25) is 6.29 Å². The second-order valence-corrected chi connectivity index (χ2v) is 3.55. The lowest BCUT2D eigenvalue weighted by Crippen LogP contribution is -2.36. The molecule has 0 aromatic heterocycles. The molecule has 4 heteroatoms. The minimum Gasteiger partial charge on any atom is -0.491 e. The van der Waals surface area contributed by atoms with Crippen LogP contribution >= 0.6 is 0 Å². The molecule has 0 radical (unpaired) electrons. The molecule has 86 valence electrons. The summed E-state index contributed by atoms with van der Waals surface area (Å²) in [6, 6.07) is 9.52. The van der Waals surface area contributed by atoms with Gasteiger partial charge in [0.1, 0.15) is 12.4 Å². The fourth-order valence-electron chi connectivity index (χ4n) is 1.51. The molecule has 0 saturated carbocycles. The molecule has 2 atom stereocenters. The maximum Gasteiger partial charge on any atom is 0.215 e. The molecule has 0 amide bonds. The molecule has 1 aliphatic rings. The summed E-state index contributed by atoms with van der Waals surface area (Å²) >= 11 is 0. The second-order valence-electron chi connectivity index (χ2n) is 3.55. The van der Waals surface area contributed by atoms with E-state index in [1.807, 2.05) is 30.3 Å². The number of para-hydroxylation sites is 1. The highest BCUT2D eigenvalue weighted by Crippen LogP contribution is 2.14. The normalized spacial score (nSPS) is 25.0. The van der Waals surface area contributed by atoms with E-state index in [0.717, 1.165) is 12.2 Å². The largest absolute Gasteiger partial charge is 0.491 e. The van der Waals surface area contributed by atoms with Crippen LogP contribution < -0.4 is 4.74 Å². The number of hydrogen-bond acceptors (Lipinski definition) is 4. The van der Waals surface area contributed by atoms with Crippen molar-refractivity contribution in [3.05, 3.63) is 30.3 Å². The van der Waals surface area contributed by atoms with E-state index < -0.39 is 6.29 Å². The Morgan fingerprint density at radius 2 is 2.19 bits per heavy atom. The third kappa shape index (κ3) is 3.05. The molecule has 1 heterocycles. The molecule has 0 spiro atoms. The molecule has 1 aliphatic heterocycles. The van der Waals surface area contributed by atoms with Crippen LogP contribution in [0.25, 0.3) is 0 Å². The van der Waals surface area contributed by atoms with Gasteiger partial charge in [0.05, 0.1) is 12.7 Å². The van der Waals surface area contributed by atoms with Gasteiger partial charge < -0.3 is 14.2 Å². The predicted octanol–water partition coefficient (Wildman–Crippen LogP) is 1.40. The van der Waals surface area contributed by atoms with Crippen LogP contribution in [0.2, 0.25) is 0 Å². The SMILES string of the molecule is O=CC1OCCC(COc2ccccc2)O1. The van der Waals surface area contributed by atoms with Crippen LogP contribution in [0.4, 0.5) is 0 Å². The van der Waals surface area contributed by atoms with E-state index in [0.29, 0.717) is 19.5 Å². The summed E-state index contributed by atoms with van der Waals surface area (Å²) in [6.45, 7) is 0.976. The molecular formula is C12H14O4. The molecule has 4 nitrogen and oxygen atoms in total. The standard InChI is InChI=1S/C12H14O4/c13-8-12-14-7-6-11(16-12)9-15-10-4-2-1-3-5-10/h1-5,8,11-12H,6-7,9H2. The Kier molecular flexibility index (Phi) is 3.91. The highest BCUT2D eigenvalue weighted by atomic mass is 16.7. The lowest BCUT2D eigenvalue weighted by molar-refractivity contribution is -0.206. The van der Waals surface area contributed by atoms with Crippen LogP contribution in [0.1, 0.15) is 6.42 Å². The van der Waals surface area contributed by atoms with Crippen molar-refractivity contribution < 1.29 is 19.0 Å². The van der Waals surface area contributed by atoms with Crippen molar-refractivity contribution in [2.45, 2.75) is 18.8 Å². The number of benzene rings is 1. The Morgan fingerprint density at radius 3 is 2.94 bits per heavy atom. The summed E-state index contributed by atoms with van der Waals surface area (Å²) in [4.78, 5) is 10.5. The Labute approximate surface area is 94.1 Å². The number of carbonyl (C=O) groups is 1. The van der Waals surface area contributed by atoms with Crippen molar-refractivity contribution in [2.75, 3.05) is 13.2 Å². The molecule has 2 unspecified atom stereocenters. The molecule has 0 N–H and O–H groups in total. The molecule has 1 saturated heterocycles. The maximum absolute atomic E-state index is 10.5. The number of rotatable bonds is 4. The lowest BCUT2D eigenvalue weighted by Gasteiger charge is -2.26. The minimum atomic E-state index is -0.738. The monoisotopic (exact) mass is 222 g/mol. The highest BCUT2D eigenvalue weighted by Gasteiger charge is 2.22. The molecule has 1 aromatic rings. The number of ether oxygens (including phenoxy) is 3. The highest BCUT2D eigenvalue weighted by molar-refractivity contribution is 5.53. The average molecular weight is 222 g/mol. The minimum absolute atomic E-state index is 0.0795. The summed E-state index contributed by atoms with van der Waals surface area (Å²) < 4.78 is 15.9. The van der Waals surface area contributed by atoms with Gasteiger partial charge in [-0.2, -0.15) is 0 Å². The average Bonchev–Trinajstić information content (AvgIpc) is 2.38. The van der Waals surface area contributed by atoms with Gasteiger partial charge in [0.15, 0.2) is 6.29 Å². The van der Waals surface area contributed by atoms with Crippen LogP contribution in [0, 0.1) is 0 Å². The lowest BCUT2D eigenvalue weighted by atomic mass is 10.2. The molecule has 16 heavy (non-hydrogen) atoms. The van der Waals surface area contributed by atoms with Gasteiger partial charge in [0, 0.05) is 6.42 Å². The molecule has 1 fully saturated rings. The smallest absolute Gasteiger partial charge is 0.215 e. The molecule has 0 aliphatic carbocycles. The first kappa shape index (κ1) is 11.1. The van der Waals surface area contributed by atoms with Gasteiger partial charge in [-0.05, 0) is 12.1 Å². The van der Waals surface area contributed by atoms with E-state index in [1.54, 1.807) is 0 Å². The van der Waals surface area contributed by atoms with Gasteiger partial charge in [0.25, 0.3) is 0 Å². The summed E-state index contributed by atoms with van der Waals surface area (Å²) in [5, 5.41) is 0. The Balaban J connectivity index is 1.79. The zero-order chi connectivity index (χ0) is 11.2. The van der Waals surface area contributed by atoms with E-state index in [2.05, 4.69) is 0 Å². The maximum atomic E-state index is 10.5. The first-order chi connectivity index (χ1) is 7.88. The van der Waals surface area contributed by atoms with E-state index in [-0.39, 0.29) is 6.10 Å². The third-order valence-electron chi connectivity index (χ3n) is 2.34. The summed E-state index contributed by atoms with van der Waals surface area (Å²) in [5.41, 5.74) is 0. The Hall–Kier alpha value is -1.39. The quantitative estimate of drug-likeness (QED) is 0.722. The van der Waals surface area contributed by atoms with Gasteiger partial charge in [-0.3, -0.25) is 4.79 Å². The third-order valence-corrected chi connectivity index (χ3v) is 2.34. The van der Waals surface area contributed by atoms with Crippen molar-refractivity contribution in [1.29, 1.82) is 0 Å². The van der Waals surface area contributed by atoms with E-state index >= 15 is 0 Å². The van der Waals surface area contributed by atoms with Gasteiger partial charge in [-0.1, -0.05) is 18.2 Å². The van der Waals surface area contributed by atoms with Crippen LogP contribution in [0.3, 0.4) is 0 Å². The Morgan fingerprint density at radius 1 is 1.38 bits per heavy atom. The fraction of sp³-hybridized carbons (Fsp3) is 0.417. The van der Waals surface area contributed by atoms with Crippen LogP contribution in [-0.4, -0.2) is 31.9 Å². The summed E-state index contributed by atoms with van der Waals surface area (Å²) in [5.74, 6) is 0.806. The number of carbonyl (C=O) groups excluding carboxylic acids is 1. The molecule has 0 bridgehead atoms. The van der Waals surface area contributed by atoms with Crippen molar-refractivity contribution in [2.24, 2.45) is 0 Å².